The van der Waals surface area contributed by atoms with Crippen molar-refractivity contribution in [3.63, 3.8) is 0 Å². The lowest BCUT2D eigenvalue weighted by Crippen LogP contribution is -2.39. The molecule has 112 valence electrons. The van der Waals surface area contributed by atoms with Gasteiger partial charge in [0.05, 0.1) is 17.5 Å². The van der Waals surface area contributed by atoms with Gasteiger partial charge in [-0.25, -0.2) is 8.42 Å². The molecule has 6 heteroatoms. The fourth-order valence-corrected chi connectivity index (χ4v) is 4.50. The zero-order chi connectivity index (χ0) is 14.9. The van der Waals surface area contributed by atoms with Crippen molar-refractivity contribution < 1.29 is 13.5 Å². The predicted molar refractivity (Wildman–Crippen MR) is 78.8 cm³/mol. The van der Waals surface area contributed by atoms with E-state index in [4.69, 9.17) is 5.73 Å². The first-order chi connectivity index (χ1) is 9.41. The summed E-state index contributed by atoms with van der Waals surface area (Å²) in [5, 5.41) is 9.42. The number of nitrogens with two attached hydrogens (primary N) is 1. The van der Waals surface area contributed by atoms with Gasteiger partial charge >= 0.3 is 0 Å². The lowest BCUT2D eigenvalue weighted by atomic mass is 10.0. The number of sulfonamides is 1. The monoisotopic (exact) mass is 298 g/mol. The largest absolute Gasteiger partial charge is 0.398 e. The Hall–Kier alpha value is -1.11. The molecule has 1 aliphatic heterocycles. The quantitative estimate of drug-likeness (QED) is 0.819. The molecule has 0 bridgehead atoms. The van der Waals surface area contributed by atoms with Gasteiger partial charge < -0.3 is 10.8 Å². The fourth-order valence-electron chi connectivity index (χ4n) is 2.73. The summed E-state index contributed by atoms with van der Waals surface area (Å²) in [7, 11) is -3.59. The van der Waals surface area contributed by atoms with E-state index < -0.39 is 10.0 Å². The first-order valence-electron chi connectivity index (χ1n) is 6.93. The third kappa shape index (κ3) is 2.55. The third-order valence-corrected chi connectivity index (χ3v) is 6.04. The molecule has 0 amide bonds. The second-order valence-corrected chi connectivity index (χ2v) is 7.24. The molecule has 2 atom stereocenters. The molecule has 0 saturated carbocycles. The van der Waals surface area contributed by atoms with Crippen LogP contribution in [0.25, 0.3) is 0 Å². The third-order valence-electron chi connectivity index (χ3n) is 4.12. The van der Waals surface area contributed by atoms with E-state index in [9.17, 15) is 13.5 Å². The molecule has 1 aliphatic rings. The van der Waals surface area contributed by atoms with Crippen LogP contribution in [0.1, 0.15) is 25.8 Å². The van der Waals surface area contributed by atoms with E-state index in [1.54, 1.807) is 12.1 Å². The highest BCUT2D eigenvalue weighted by Gasteiger charge is 2.39. The van der Waals surface area contributed by atoms with Crippen molar-refractivity contribution >= 4 is 15.7 Å². The average molecular weight is 298 g/mol. The highest BCUT2D eigenvalue weighted by atomic mass is 32.2. The van der Waals surface area contributed by atoms with Gasteiger partial charge in [-0.2, -0.15) is 4.31 Å². The fraction of sp³-hybridized carbons (Fsp3) is 0.571. The van der Waals surface area contributed by atoms with Gasteiger partial charge in [-0.05, 0) is 36.5 Å². The summed E-state index contributed by atoms with van der Waals surface area (Å²) in [6, 6.07) is 4.54. The first-order valence-corrected chi connectivity index (χ1v) is 8.37. The van der Waals surface area contributed by atoms with E-state index >= 15 is 0 Å². The number of aryl methyl sites for hydroxylation is 1. The molecule has 20 heavy (non-hydrogen) atoms. The second-order valence-electron chi connectivity index (χ2n) is 5.35. The molecule has 1 saturated heterocycles. The van der Waals surface area contributed by atoms with Crippen LogP contribution in [-0.4, -0.2) is 37.0 Å². The smallest absolute Gasteiger partial charge is 0.243 e. The minimum absolute atomic E-state index is 0.150. The minimum Gasteiger partial charge on any atom is -0.398 e. The van der Waals surface area contributed by atoms with Crippen LogP contribution in [0, 0.1) is 5.92 Å². The van der Waals surface area contributed by atoms with Gasteiger partial charge in [0.25, 0.3) is 0 Å². The van der Waals surface area contributed by atoms with E-state index in [-0.39, 0.29) is 23.5 Å². The maximum Gasteiger partial charge on any atom is 0.243 e. The van der Waals surface area contributed by atoms with Gasteiger partial charge in [-0.3, -0.25) is 0 Å². The highest BCUT2D eigenvalue weighted by Crippen LogP contribution is 2.31. The van der Waals surface area contributed by atoms with Crippen molar-refractivity contribution in [2.24, 2.45) is 5.92 Å². The summed E-state index contributed by atoms with van der Waals surface area (Å²) in [6.07, 6.45) is 1.54. The van der Waals surface area contributed by atoms with Crippen molar-refractivity contribution in [3.8, 4) is 0 Å². The predicted octanol–water partition coefficient (Wildman–Crippen LogP) is 1.22. The molecule has 0 aliphatic carbocycles. The van der Waals surface area contributed by atoms with Crippen LogP contribution in [-0.2, 0) is 16.4 Å². The Kier molecular flexibility index (Phi) is 4.36. The molecule has 5 nitrogen and oxygen atoms in total. The van der Waals surface area contributed by atoms with Crippen molar-refractivity contribution in [2.45, 2.75) is 37.6 Å². The topological polar surface area (TPSA) is 83.6 Å². The summed E-state index contributed by atoms with van der Waals surface area (Å²) in [5.74, 6) is 0.169. The van der Waals surface area contributed by atoms with Crippen LogP contribution < -0.4 is 5.73 Å². The summed E-state index contributed by atoms with van der Waals surface area (Å²) in [6.45, 7) is 4.24. The summed E-state index contributed by atoms with van der Waals surface area (Å²) in [4.78, 5) is 0.208. The van der Waals surface area contributed by atoms with Crippen LogP contribution in [0.5, 0.6) is 0 Å². The normalized spacial score (nSPS) is 24.1. The number of aliphatic hydroxyl groups excluding tert-OH is 1. The van der Waals surface area contributed by atoms with Gasteiger partial charge in [-0.15, -0.1) is 0 Å². The number of benzene rings is 1. The Bertz CT molecular complexity index is 586. The van der Waals surface area contributed by atoms with Crippen molar-refractivity contribution in [1.29, 1.82) is 0 Å². The molecular formula is C14H22N2O3S. The number of aliphatic hydroxyl groups is 1. The molecule has 0 aromatic heterocycles. The molecule has 1 aromatic rings. The Morgan fingerprint density at radius 2 is 2.15 bits per heavy atom. The van der Waals surface area contributed by atoms with E-state index in [0.29, 0.717) is 12.2 Å². The maximum absolute atomic E-state index is 12.7. The number of nitrogen functional groups attached to an aromatic ring is 1. The number of anilines is 1. The maximum atomic E-state index is 12.7. The number of nitrogens with zero attached hydrogens (tertiary/aromatic N) is 1. The van der Waals surface area contributed by atoms with Crippen LogP contribution in [0.4, 0.5) is 5.69 Å². The zero-order valence-electron chi connectivity index (χ0n) is 11.9. The van der Waals surface area contributed by atoms with Gasteiger partial charge in [0.2, 0.25) is 10.0 Å². The van der Waals surface area contributed by atoms with Gasteiger partial charge in [-0.1, -0.05) is 19.9 Å². The van der Waals surface area contributed by atoms with Crippen molar-refractivity contribution in [3.05, 3.63) is 23.8 Å². The molecule has 2 unspecified atom stereocenters. The molecule has 1 aromatic carbocycles. The minimum atomic E-state index is -3.59. The van der Waals surface area contributed by atoms with Crippen LogP contribution in [0.3, 0.4) is 0 Å². The van der Waals surface area contributed by atoms with Gasteiger partial charge in [0.1, 0.15) is 0 Å². The standard InChI is InChI=1S/C14H22N2O3S/c1-3-11-4-5-12(8-13(11)15)20(18,19)16-7-6-10(2)14(16)9-17/h4-5,8,10,14,17H,3,6-7,9,15H2,1-2H3. The van der Waals surface area contributed by atoms with E-state index in [0.717, 1.165) is 18.4 Å². The molecule has 0 spiro atoms. The Labute approximate surface area is 120 Å². The lowest BCUT2D eigenvalue weighted by Gasteiger charge is -2.24. The molecule has 1 heterocycles. The van der Waals surface area contributed by atoms with Crippen molar-refractivity contribution in [2.75, 3.05) is 18.9 Å². The van der Waals surface area contributed by atoms with Crippen LogP contribution >= 0.6 is 0 Å². The summed E-state index contributed by atoms with van der Waals surface area (Å²) < 4.78 is 26.7. The summed E-state index contributed by atoms with van der Waals surface area (Å²) >= 11 is 0. The highest BCUT2D eigenvalue weighted by molar-refractivity contribution is 7.89. The Morgan fingerprint density at radius 3 is 2.70 bits per heavy atom. The van der Waals surface area contributed by atoms with Crippen molar-refractivity contribution in [1.82, 2.24) is 4.31 Å². The number of hydrogen-bond acceptors (Lipinski definition) is 4. The molecule has 1 fully saturated rings. The lowest BCUT2D eigenvalue weighted by molar-refractivity contribution is 0.191. The molecular weight excluding hydrogens is 276 g/mol. The Balaban J connectivity index is 2.38. The SMILES string of the molecule is CCc1ccc(S(=O)(=O)N2CCC(C)C2CO)cc1N. The van der Waals surface area contributed by atoms with Crippen LogP contribution in [0.2, 0.25) is 0 Å². The zero-order valence-corrected chi connectivity index (χ0v) is 12.7. The Morgan fingerprint density at radius 1 is 1.45 bits per heavy atom. The molecule has 3 N–H and O–H groups in total. The van der Waals surface area contributed by atoms with E-state index in [2.05, 4.69) is 0 Å². The molecule has 2 rings (SSSR count). The first kappa shape index (κ1) is 15.3. The van der Waals surface area contributed by atoms with Crippen LogP contribution in [0.15, 0.2) is 23.1 Å². The van der Waals surface area contributed by atoms with Gasteiger partial charge in [0.15, 0.2) is 0 Å². The molecule has 0 radical (unpaired) electrons. The summed E-state index contributed by atoms with van der Waals surface area (Å²) in [5.41, 5.74) is 7.33. The number of hydrogen-bond donors (Lipinski definition) is 2. The number of rotatable bonds is 4. The van der Waals surface area contributed by atoms with E-state index in [1.807, 2.05) is 13.8 Å². The average Bonchev–Trinajstić information content (AvgIpc) is 2.80. The second kappa shape index (κ2) is 5.71. The van der Waals surface area contributed by atoms with E-state index in [1.165, 1.54) is 10.4 Å². The van der Waals surface area contributed by atoms with Gasteiger partial charge in [0, 0.05) is 12.2 Å².